The number of anilines is 1. The Kier molecular flexibility index (Phi) is 8.39. The van der Waals surface area contributed by atoms with Gasteiger partial charge in [-0.2, -0.15) is 0 Å². The number of carbonyl (C=O) groups excluding carboxylic acids is 3. The third-order valence-electron chi connectivity index (χ3n) is 5.84. The topological polar surface area (TPSA) is 117 Å². The number of nitrogens with zero attached hydrogens (tertiary/aromatic N) is 3. The minimum absolute atomic E-state index is 0.0366. The van der Waals surface area contributed by atoms with Gasteiger partial charge in [-0.25, -0.2) is 4.98 Å². The van der Waals surface area contributed by atoms with Crippen molar-refractivity contribution in [3.8, 4) is 17.1 Å². The van der Waals surface area contributed by atoms with Crippen molar-refractivity contribution in [2.75, 3.05) is 45.2 Å². The Morgan fingerprint density at radius 1 is 1.06 bits per heavy atom. The predicted molar refractivity (Wildman–Crippen MR) is 136 cm³/mol. The Labute approximate surface area is 212 Å². The summed E-state index contributed by atoms with van der Waals surface area (Å²) in [6, 6.07) is 5.01. The van der Waals surface area contributed by atoms with Gasteiger partial charge in [0.25, 0.3) is 0 Å². The molecule has 10 heteroatoms. The molecule has 0 unspecified atom stereocenters. The first-order chi connectivity index (χ1) is 16.9. The maximum absolute atomic E-state index is 12.6. The molecule has 3 rings (SSSR count). The zero-order valence-corrected chi connectivity index (χ0v) is 22.0. The van der Waals surface area contributed by atoms with E-state index in [9.17, 15) is 14.4 Å². The number of ether oxygens (including phenoxy) is 1. The second kappa shape index (κ2) is 11.1. The van der Waals surface area contributed by atoms with Crippen LogP contribution in [0.3, 0.4) is 0 Å². The fourth-order valence-electron chi connectivity index (χ4n) is 4.19. The highest BCUT2D eigenvalue weighted by Crippen LogP contribution is 2.32. The molecule has 1 aromatic carbocycles. The molecule has 0 saturated carbocycles. The van der Waals surface area contributed by atoms with Gasteiger partial charge < -0.3 is 24.7 Å². The fourth-order valence-corrected chi connectivity index (χ4v) is 4.19. The number of nitrogens with one attached hydrogen (secondary N) is 2. The molecule has 0 aliphatic carbocycles. The quantitative estimate of drug-likeness (QED) is 0.563. The Morgan fingerprint density at radius 2 is 1.75 bits per heavy atom. The Bertz CT molecular complexity index is 1070. The molecule has 1 fully saturated rings. The summed E-state index contributed by atoms with van der Waals surface area (Å²) in [6.45, 7) is 13.3. The summed E-state index contributed by atoms with van der Waals surface area (Å²) in [4.78, 5) is 45.7. The zero-order valence-electron chi connectivity index (χ0n) is 22.0. The summed E-state index contributed by atoms with van der Waals surface area (Å²) in [5, 5.41) is 5.44. The summed E-state index contributed by atoms with van der Waals surface area (Å²) in [5.41, 5.74) is 0.424. The highest BCUT2D eigenvalue weighted by Gasteiger charge is 2.30. The van der Waals surface area contributed by atoms with Crippen LogP contribution >= 0.6 is 0 Å². The van der Waals surface area contributed by atoms with E-state index >= 15 is 0 Å². The van der Waals surface area contributed by atoms with Gasteiger partial charge in [0.15, 0.2) is 12.2 Å². The van der Waals surface area contributed by atoms with Crippen LogP contribution in [0, 0.1) is 5.41 Å². The van der Waals surface area contributed by atoms with E-state index in [0.717, 1.165) is 13.1 Å². The molecule has 0 bridgehead atoms. The number of amides is 3. The number of oxazole rings is 1. The van der Waals surface area contributed by atoms with Crippen LogP contribution in [-0.2, 0) is 14.4 Å². The van der Waals surface area contributed by atoms with Crippen molar-refractivity contribution < 1.29 is 23.5 Å². The SMILES string of the molecule is COc1cc(NC(=O)C(=O)NC(C)(C)CN2CCN(C(=O)CC(C)(C)C)CC2)ccc1-c1cnco1. The molecule has 3 amide bonds. The zero-order chi connectivity index (χ0) is 26.5. The van der Waals surface area contributed by atoms with Crippen LogP contribution in [0.15, 0.2) is 35.2 Å². The normalized spacial score (nSPS) is 14.9. The van der Waals surface area contributed by atoms with Crippen LogP contribution < -0.4 is 15.4 Å². The van der Waals surface area contributed by atoms with Crippen LogP contribution in [0.25, 0.3) is 11.3 Å². The molecule has 2 heterocycles. The Balaban J connectivity index is 1.51. The molecular weight excluding hydrogens is 462 g/mol. The molecule has 1 saturated heterocycles. The molecule has 2 aromatic rings. The maximum Gasteiger partial charge on any atom is 0.313 e. The van der Waals surface area contributed by atoms with Crippen LogP contribution in [-0.4, -0.2) is 77.9 Å². The molecule has 0 atom stereocenters. The average Bonchev–Trinajstić information content (AvgIpc) is 3.32. The lowest BCUT2D eigenvalue weighted by molar-refractivity contribution is -0.137. The van der Waals surface area contributed by atoms with Crippen LogP contribution in [0.4, 0.5) is 5.69 Å². The van der Waals surface area contributed by atoms with Gasteiger partial charge in [-0.1, -0.05) is 20.8 Å². The van der Waals surface area contributed by atoms with Gasteiger partial charge in [0.1, 0.15) is 5.75 Å². The predicted octanol–water partition coefficient (Wildman–Crippen LogP) is 2.76. The minimum Gasteiger partial charge on any atom is -0.496 e. The molecule has 1 aromatic heterocycles. The summed E-state index contributed by atoms with van der Waals surface area (Å²) in [5.74, 6) is -0.307. The number of rotatable bonds is 7. The number of piperazine rings is 1. The van der Waals surface area contributed by atoms with Gasteiger partial charge in [0.05, 0.1) is 18.9 Å². The molecule has 0 spiro atoms. The number of methoxy groups -OCH3 is 1. The Hall–Kier alpha value is -3.40. The minimum atomic E-state index is -0.768. The van der Waals surface area contributed by atoms with Crippen molar-refractivity contribution in [2.45, 2.75) is 46.6 Å². The van der Waals surface area contributed by atoms with Gasteiger partial charge in [-0.3, -0.25) is 19.3 Å². The van der Waals surface area contributed by atoms with Crippen LogP contribution in [0.5, 0.6) is 5.75 Å². The average molecular weight is 500 g/mol. The summed E-state index contributed by atoms with van der Waals surface area (Å²) >= 11 is 0. The molecule has 10 nitrogen and oxygen atoms in total. The van der Waals surface area contributed by atoms with Crippen molar-refractivity contribution in [3.05, 3.63) is 30.8 Å². The largest absolute Gasteiger partial charge is 0.496 e. The fraction of sp³-hybridized carbons (Fsp3) is 0.538. The standard InChI is InChI=1S/C26H37N5O5/c1-25(2,3)14-22(32)31-11-9-30(10-12-31)16-26(4,5)29-24(34)23(33)28-18-7-8-19(20(13-18)35-6)21-15-27-17-36-21/h7-8,13,15,17H,9-12,14,16H2,1-6H3,(H,28,33)(H,29,34). The van der Waals surface area contributed by atoms with E-state index in [1.807, 2.05) is 18.7 Å². The number of benzene rings is 1. The first kappa shape index (κ1) is 27.2. The number of hydrogen-bond acceptors (Lipinski definition) is 7. The van der Waals surface area contributed by atoms with Crippen molar-refractivity contribution in [1.29, 1.82) is 0 Å². The molecule has 1 aliphatic heterocycles. The van der Waals surface area contributed by atoms with Crippen LogP contribution in [0.1, 0.15) is 41.0 Å². The third kappa shape index (κ3) is 7.55. The number of hydrogen-bond donors (Lipinski definition) is 2. The smallest absolute Gasteiger partial charge is 0.313 e. The third-order valence-corrected chi connectivity index (χ3v) is 5.84. The monoisotopic (exact) mass is 499 g/mol. The van der Waals surface area contributed by atoms with E-state index in [1.165, 1.54) is 13.5 Å². The Morgan fingerprint density at radius 3 is 2.33 bits per heavy atom. The summed E-state index contributed by atoms with van der Waals surface area (Å²) < 4.78 is 10.7. The van der Waals surface area contributed by atoms with Gasteiger partial charge in [0.2, 0.25) is 5.91 Å². The highest BCUT2D eigenvalue weighted by atomic mass is 16.5. The van der Waals surface area contributed by atoms with E-state index in [4.69, 9.17) is 9.15 Å². The van der Waals surface area contributed by atoms with E-state index < -0.39 is 17.4 Å². The van der Waals surface area contributed by atoms with Crippen molar-refractivity contribution >= 4 is 23.4 Å². The molecule has 36 heavy (non-hydrogen) atoms. The summed E-state index contributed by atoms with van der Waals surface area (Å²) in [7, 11) is 1.51. The lowest BCUT2D eigenvalue weighted by Crippen LogP contribution is -2.57. The molecule has 2 N–H and O–H groups in total. The van der Waals surface area contributed by atoms with Crippen molar-refractivity contribution in [3.63, 3.8) is 0 Å². The second-order valence-electron chi connectivity index (χ2n) is 11.0. The number of aromatic nitrogens is 1. The first-order valence-electron chi connectivity index (χ1n) is 12.1. The van der Waals surface area contributed by atoms with Gasteiger partial charge in [0, 0.05) is 56.4 Å². The van der Waals surface area contributed by atoms with Crippen LogP contribution in [0.2, 0.25) is 0 Å². The van der Waals surface area contributed by atoms with E-state index in [2.05, 4.69) is 41.3 Å². The van der Waals surface area contributed by atoms with Gasteiger partial charge in [-0.15, -0.1) is 0 Å². The van der Waals surface area contributed by atoms with Gasteiger partial charge in [-0.05, 0) is 31.4 Å². The highest BCUT2D eigenvalue weighted by molar-refractivity contribution is 6.39. The molecule has 196 valence electrons. The lowest BCUT2D eigenvalue weighted by atomic mass is 9.91. The molecular formula is C26H37N5O5. The van der Waals surface area contributed by atoms with Gasteiger partial charge >= 0.3 is 11.8 Å². The lowest BCUT2D eigenvalue weighted by Gasteiger charge is -2.39. The maximum atomic E-state index is 12.6. The number of carbonyl (C=O) groups is 3. The van der Waals surface area contributed by atoms with E-state index in [0.29, 0.717) is 48.8 Å². The second-order valence-corrected chi connectivity index (χ2v) is 11.0. The molecule has 0 radical (unpaired) electrons. The first-order valence-corrected chi connectivity index (χ1v) is 12.1. The summed E-state index contributed by atoms with van der Waals surface area (Å²) in [6.07, 6.45) is 3.41. The van der Waals surface area contributed by atoms with E-state index in [-0.39, 0.29) is 11.3 Å². The van der Waals surface area contributed by atoms with E-state index in [1.54, 1.807) is 24.4 Å². The van der Waals surface area contributed by atoms with Crippen molar-refractivity contribution in [1.82, 2.24) is 20.1 Å². The van der Waals surface area contributed by atoms with Crippen molar-refractivity contribution in [2.24, 2.45) is 5.41 Å². The molecule has 1 aliphatic rings.